The summed E-state index contributed by atoms with van der Waals surface area (Å²) in [5.41, 5.74) is 5.77. The van der Waals surface area contributed by atoms with Crippen molar-refractivity contribution >= 4 is 21.6 Å². The Morgan fingerprint density at radius 3 is 2.41 bits per heavy atom. The van der Waals surface area contributed by atoms with Gasteiger partial charge in [0.15, 0.2) is 9.84 Å². The monoisotopic (exact) mass is 259 g/mol. The number of nitrogen functional groups attached to an aromatic ring is 1. The summed E-state index contributed by atoms with van der Waals surface area (Å²) in [4.78, 5) is 18.0. The minimum atomic E-state index is -3.48. The standard InChI is InChI=1S/C9H13N3O4S/c1-5-8(17(2,15)16)9(10)12-6(11-5)3-4-7(13)14/h3-4H2,1-2H3,(H,13,14)(H2,10,11,12). The Bertz CT molecular complexity index is 530. The minimum absolute atomic E-state index is 0.100. The predicted octanol–water partition coefficient (Wildman–Crippen LogP) is -0.212. The topological polar surface area (TPSA) is 123 Å². The molecule has 1 rings (SSSR count). The van der Waals surface area contributed by atoms with Gasteiger partial charge in [0.05, 0.1) is 12.1 Å². The molecule has 0 radical (unpaired) electrons. The highest BCUT2D eigenvalue weighted by atomic mass is 32.2. The second-order valence-electron chi connectivity index (χ2n) is 3.61. The van der Waals surface area contributed by atoms with E-state index in [4.69, 9.17) is 10.8 Å². The minimum Gasteiger partial charge on any atom is -0.481 e. The zero-order valence-corrected chi connectivity index (χ0v) is 10.3. The number of sulfone groups is 1. The summed E-state index contributed by atoms with van der Waals surface area (Å²) in [5, 5.41) is 8.51. The first kappa shape index (κ1) is 13.4. The largest absolute Gasteiger partial charge is 0.481 e. The van der Waals surface area contributed by atoms with Gasteiger partial charge in [0.2, 0.25) is 0 Å². The van der Waals surface area contributed by atoms with E-state index in [1.54, 1.807) is 0 Å². The maximum Gasteiger partial charge on any atom is 0.303 e. The Balaban J connectivity index is 3.15. The van der Waals surface area contributed by atoms with Crippen molar-refractivity contribution in [3.05, 3.63) is 11.5 Å². The van der Waals surface area contributed by atoms with Crippen LogP contribution < -0.4 is 5.73 Å². The van der Waals surface area contributed by atoms with Crippen LogP contribution in [-0.4, -0.2) is 35.7 Å². The number of aliphatic carboxylic acids is 1. The summed E-state index contributed by atoms with van der Waals surface area (Å²) in [7, 11) is -3.48. The maximum absolute atomic E-state index is 11.4. The third-order valence-electron chi connectivity index (χ3n) is 2.04. The van der Waals surface area contributed by atoms with E-state index in [2.05, 4.69) is 9.97 Å². The molecule has 8 heteroatoms. The van der Waals surface area contributed by atoms with Gasteiger partial charge in [-0.2, -0.15) is 0 Å². The van der Waals surface area contributed by atoms with Crippen molar-refractivity contribution in [3.8, 4) is 0 Å². The number of aryl methyl sites for hydroxylation is 2. The van der Waals surface area contributed by atoms with Gasteiger partial charge in [0.1, 0.15) is 16.5 Å². The summed E-state index contributed by atoms with van der Waals surface area (Å²) < 4.78 is 22.8. The average Bonchev–Trinajstić information content (AvgIpc) is 2.11. The van der Waals surface area contributed by atoms with Gasteiger partial charge in [-0.25, -0.2) is 18.4 Å². The lowest BCUT2D eigenvalue weighted by Crippen LogP contribution is -2.12. The summed E-state index contributed by atoms with van der Waals surface area (Å²) >= 11 is 0. The molecule has 1 aromatic rings. The number of nitrogens with two attached hydrogens (primary N) is 1. The molecule has 7 nitrogen and oxygen atoms in total. The predicted molar refractivity (Wildman–Crippen MR) is 60.2 cm³/mol. The molecule has 0 aliphatic rings. The summed E-state index contributed by atoms with van der Waals surface area (Å²) in [6, 6.07) is 0. The van der Waals surface area contributed by atoms with Crippen molar-refractivity contribution in [2.24, 2.45) is 0 Å². The molecular weight excluding hydrogens is 246 g/mol. The van der Waals surface area contributed by atoms with E-state index >= 15 is 0 Å². The summed E-state index contributed by atoms with van der Waals surface area (Å²) in [6.07, 6.45) is 1.01. The molecule has 0 fully saturated rings. The number of carbonyl (C=O) groups is 1. The van der Waals surface area contributed by atoms with Crippen LogP contribution in [0.1, 0.15) is 17.9 Å². The number of anilines is 1. The molecule has 0 amide bonds. The number of hydrogen-bond donors (Lipinski definition) is 2. The second kappa shape index (κ2) is 4.66. The first-order chi connectivity index (χ1) is 7.71. The van der Waals surface area contributed by atoms with E-state index < -0.39 is 15.8 Å². The normalized spacial score (nSPS) is 11.4. The molecular formula is C9H13N3O4S. The van der Waals surface area contributed by atoms with Crippen LogP contribution in [0.3, 0.4) is 0 Å². The van der Waals surface area contributed by atoms with Crippen molar-refractivity contribution in [2.45, 2.75) is 24.7 Å². The second-order valence-corrected chi connectivity index (χ2v) is 5.56. The SMILES string of the molecule is Cc1nc(CCC(=O)O)nc(N)c1S(C)(=O)=O. The fourth-order valence-electron chi connectivity index (χ4n) is 1.43. The smallest absolute Gasteiger partial charge is 0.303 e. The highest BCUT2D eigenvalue weighted by Gasteiger charge is 2.18. The maximum atomic E-state index is 11.4. The van der Waals surface area contributed by atoms with Crippen molar-refractivity contribution in [1.29, 1.82) is 0 Å². The van der Waals surface area contributed by atoms with Gasteiger partial charge in [-0.05, 0) is 6.92 Å². The van der Waals surface area contributed by atoms with Crippen molar-refractivity contribution < 1.29 is 18.3 Å². The van der Waals surface area contributed by atoms with E-state index in [0.717, 1.165) is 6.26 Å². The van der Waals surface area contributed by atoms with Crippen LogP contribution in [0.5, 0.6) is 0 Å². The van der Waals surface area contributed by atoms with Crippen molar-refractivity contribution in [3.63, 3.8) is 0 Å². The third kappa shape index (κ3) is 3.38. The molecule has 0 aliphatic heterocycles. The van der Waals surface area contributed by atoms with Gasteiger partial charge in [0, 0.05) is 12.7 Å². The Labute approximate surface area is 98.6 Å². The zero-order chi connectivity index (χ0) is 13.2. The van der Waals surface area contributed by atoms with Crippen molar-refractivity contribution in [1.82, 2.24) is 9.97 Å². The van der Waals surface area contributed by atoms with Crippen LogP contribution in [0.4, 0.5) is 5.82 Å². The first-order valence-electron chi connectivity index (χ1n) is 4.76. The highest BCUT2D eigenvalue weighted by Crippen LogP contribution is 2.19. The zero-order valence-electron chi connectivity index (χ0n) is 9.47. The third-order valence-corrected chi connectivity index (χ3v) is 3.29. The lowest BCUT2D eigenvalue weighted by molar-refractivity contribution is -0.137. The number of nitrogens with zero attached hydrogens (tertiary/aromatic N) is 2. The van der Waals surface area contributed by atoms with E-state index in [0.29, 0.717) is 0 Å². The number of carboxylic acid groups (broad SMARTS) is 1. The molecule has 94 valence electrons. The average molecular weight is 259 g/mol. The molecule has 3 N–H and O–H groups in total. The number of hydrogen-bond acceptors (Lipinski definition) is 6. The van der Waals surface area contributed by atoms with Gasteiger partial charge in [-0.3, -0.25) is 4.79 Å². The Morgan fingerprint density at radius 2 is 2.00 bits per heavy atom. The van der Waals surface area contributed by atoms with Crippen molar-refractivity contribution in [2.75, 3.05) is 12.0 Å². The first-order valence-corrected chi connectivity index (χ1v) is 6.66. The molecule has 0 spiro atoms. The van der Waals surface area contributed by atoms with Gasteiger partial charge in [0.25, 0.3) is 0 Å². The summed E-state index contributed by atoms with van der Waals surface area (Å²) in [6.45, 7) is 1.50. The van der Waals surface area contributed by atoms with E-state index in [1.165, 1.54) is 6.92 Å². The highest BCUT2D eigenvalue weighted by molar-refractivity contribution is 7.90. The number of carboxylic acids is 1. The molecule has 0 aromatic carbocycles. The number of aromatic nitrogens is 2. The molecule has 1 aromatic heterocycles. The van der Waals surface area contributed by atoms with Crippen LogP contribution in [0.2, 0.25) is 0 Å². The fourth-order valence-corrected chi connectivity index (χ4v) is 2.44. The molecule has 1 heterocycles. The molecule has 0 saturated carbocycles. The lowest BCUT2D eigenvalue weighted by atomic mass is 10.3. The van der Waals surface area contributed by atoms with E-state index in [9.17, 15) is 13.2 Å². The Morgan fingerprint density at radius 1 is 1.41 bits per heavy atom. The van der Waals surface area contributed by atoms with Crippen LogP contribution in [0.15, 0.2) is 4.90 Å². The van der Waals surface area contributed by atoms with E-state index in [-0.39, 0.29) is 35.1 Å². The van der Waals surface area contributed by atoms with Crippen LogP contribution in [0, 0.1) is 6.92 Å². The molecule has 0 bridgehead atoms. The quantitative estimate of drug-likeness (QED) is 0.766. The number of rotatable bonds is 4. The van der Waals surface area contributed by atoms with Gasteiger partial charge < -0.3 is 10.8 Å². The fraction of sp³-hybridized carbons (Fsp3) is 0.444. The van der Waals surface area contributed by atoms with Crippen LogP contribution in [-0.2, 0) is 21.1 Å². The Hall–Kier alpha value is -1.70. The van der Waals surface area contributed by atoms with Gasteiger partial charge in [-0.15, -0.1) is 0 Å². The summed E-state index contributed by atoms with van der Waals surface area (Å²) in [5.74, 6) is -0.882. The lowest BCUT2D eigenvalue weighted by Gasteiger charge is -2.08. The molecule has 0 aliphatic carbocycles. The molecule has 17 heavy (non-hydrogen) atoms. The molecule has 0 saturated heterocycles. The van der Waals surface area contributed by atoms with Gasteiger partial charge in [-0.1, -0.05) is 0 Å². The molecule has 0 atom stereocenters. The van der Waals surface area contributed by atoms with Gasteiger partial charge >= 0.3 is 5.97 Å². The van der Waals surface area contributed by atoms with E-state index in [1.807, 2.05) is 0 Å². The Kier molecular flexibility index (Phi) is 3.66. The van der Waals surface area contributed by atoms with Crippen LogP contribution in [0.25, 0.3) is 0 Å². The molecule has 0 unspecified atom stereocenters. The van der Waals surface area contributed by atoms with Crippen LogP contribution >= 0.6 is 0 Å².